The molecule has 2 heterocycles. The highest BCUT2D eigenvalue weighted by Gasteiger charge is 2.52. The molecule has 0 saturated carbocycles. The molecule has 1 aliphatic rings. The van der Waals surface area contributed by atoms with Crippen LogP contribution in [0.5, 0.6) is 0 Å². The molecule has 0 radical (unpaired) electrons. The first-order chi connectivity index (χ1) is 13.6. The van der Waals surface area contributed by atoms with Crippen LogP contribution in [0.1, 0.15) is 17.4 Å². The Labute approximate surface area is 162 Å². The van der Waals surface area contributed by atoms with Gasteiger partial charge in [-0.15, -0.1) is 0 Å². The van der Waals surface area contributed by atoms with E-state index in [2.05, 4.69) is 15.6 Å². The molecule has 0 aliphatic carbocycles. The van der Waals surface area contributed by atoms with E-state index in [9.17, 15) is 14.7 Å². The predicted octanol–water partition coefficient (Wildman–Crippen LogP) is 2.60. The predicted molar refractivity (Wildman–Crippen MR) is 104 cm³/mol. The van der Waals surface area contributed by atoms with Gasteiger partial charge in [-0.25, -0.2) is 4.79 Å². The molecule has 6 nitrogen and oxygen atoms in total. The molecular weight excluding hydrogens is 354 g/mol. The van der Waals surface area contributed by atoms with Crippen LogP contribution in [-0.4, -0.2) is 27.6 Å². The normalized spacial score (nSPS) is 19.8. The molecule has 0 bridgehead atoms. The molecule has 3 aromatic rings. The molecule has 3 N–H and O–H groups in total. The van der Waals surface area contributed by atoms with Crippen molar-refractivity contribution in [1.82, 2.24) is 15.6 Å². The number of hydrogen-bond acceptors (Lipinski definition) is 4. The molecule has 4 rings (SSSR count). The summed E-state index contributed by atoms with van der Waals surface area (Å²) in [5.74, 6) is -0.567. The number of carbonyl (C=O) groups is 2. The van der Waals surface area contributed by atoms with Gasteiger partial charge in [-0.05, 0) is 28.8 Å². The van der Waals surface area contributed by atoms with Crippen LogP contribution in [0.2, 0.25) is 0 Å². The molecule has 0 spiro atoms. The van der Waals surface area contributed by atoms with Gasteiger partial charge >= 0.3 is 6.03 Å². The molecule has 1 fully saturated rings. The molecule has 1 aliphatic heterocycles. The molecule has 2 unspecified atom stereocenters. The summed E-state index contributed by atoms with van der Waals surface area (Å²) < 4.78 is 0. The Bertz CT molecular complexity index is 991. The maximum atomic E-state index is 12.6. The maximum Gasteiger partial charge on any atom is 0.322 e. The molecule has 6 heteroatoms. The molecular formula is C22H19N3O3. The van der Waals surface area contributed by atoms with Gasteiger partial charge in [0.15, 0.2) is 5.54 Å². The Kier molecular flexibility index (Phi) is 4.63. The van der Waals surface area contributed by atoms with Crippen LogP contribution in [0, 0.1) is 0 Å². The third-order valence-electron chi connectivity index (χ3n) is 4.96. The van der Waals surface area contributed by atoms with Gasteiger partial charge < -0.3 is 10.4 Å². The highest BCUT2D eigenvalue weighted by Crippen LogP contribution is 2.33. The van der Waals surface area contributed by atoms with Crippen molar-refractivity contribution in [3.05, 3.63) is 90.3 Å². The molecule has 2 atom stereocenters. The third-order valence-corrected chi connectivity index (χ3v) is 4.96. The smallest absolute Gasteiger partial charge is 0.322 e. The van der Waals surface area contributed by atoms with Crippen molar-refractivity contribution in [3.63, 3.8) is 0 Å². The van der Waals surface area contributed by atoms with Gasteiger partial charge in [0.05, 0.1) is 0 Å². The first-order valence-corrected chi connectivity index (χ1v) is 8.95. The van der Waals surface area contributed by atoms with Crippen LogP contribution < -0.4 is 10.6 Å². The van der Waals surface area contributed by atoms with E-state index in [1.54, 1.807) is 36.5 Å². The average Bonchev–Trinajstić information content (AvgIpc) is 3.02. The first kappa shape index (κ1) is 17.9. The second-order valence-electron chi connectivity index (χ2n) is 6.77. The molecule has 1 saturated heterocycles. The number of imide groups is 1. The number of aliphatic hydroxyl groups is 1. The van der Waals surface area contributed by atoms with Gasteiger partial charge in [-0.1, -0.05) is 60.7 Å². The summed E-state index contributed by atoms with van der Waals surface area (Å²) in [5, 5.41) is 15.9. The average molecular weight is 373 g/mol. The minimum Gasteiger partial charge on any atom is -0.385 e. The van der Waals surface area contributed by atoms with Crippen molar-refractivity contribution in [2.75, 3.05) is 0 Å². The Morgan fingerprint density at radius 3 is 2.18 bits per heavy atom. The largest absolute Gasteiger partial charge is 0.385 e. The lowest BCUT2D eigenvalue weighted by atomic mass is 9.83. The monoisotopic (exact) mass is 373 g/mol. The van der Waals surface area contributed by atoms with Gasteiger partial charge in [-0.3, -0.25) is 15.1 Å². The highest BCUT2D eigenvalue weighted by atomic mass is 16.3. The summed E-state index contributed by atoms with van der Waals surface area (Å²) in [6.07, 6.45) is 0.456. The number of amides is 3. The number of benzene rings is 2. The van der Waals surface area contributed by atoms with Crippen LogP contribution in [0.15, 0.2) is 79.0 Å². The fraction of sp³-hybridized carbons (Fsp3) is 0.136. The van der Waals surface area contributed by atoms with E-state index in [0.717, 1.165) is 11.1 Å². The molecule has 1 aromatic heterocycles. The van der Waals surface area contributed by atoms with E-state index in [-0.39, 0.29) is 6.42 Å². The minimum atomic E-state index is -1.51. The Hall–Kier alpha value is -3.51. The van der Waals surface area contributed by atoms with Crippen molar-refractivity contribution >= 4 is 11.9 Å². The molecule has 3 amide bonds. The molecule has 140 valence electrons. The van der Waals surface area contributed by atoms with Gasteiger partial charge in [0, 0.05) is 18.3 Å². The number of nitrogens with zero attached hydrogens (tertiary/aromatic N) is 1. The fourth-order valence-corrected chi connectivity index (χ4v) is 3.48. The standard InChI is InChI=1S/C22H19N3O3/c26-19(17-11-9-16(10-12-17)15-6-2-1-3-7-15)22(20(27)24-21(28)25-22)14-18-8-4-5-13-23-18/h1-13,19,26H,14H2,(H2,24,25,27,28). The number of urea groups is 1. The van der Waals surface area contributed by atoms with Gasteiger partial charge in [0.1, 0.15) is 6.10 Å². The zero-order chi connectivity index (χ0) is 19.6. The van der Waals surface area contributed by atoms with Crippen molar-refractivity contribution in [3.8, 4) is 11.1 Å². The fourth-order valence-electron chi connectivity index (χ4n) is 3.48. The van der Waals surface area contributed by atoms with E-state index >= 15 is 0 Å². The SMILES string of the molecule is O=C1NC(=O)C(Cc2ccccn2)(C(O)c2ccc(-c3ccccc3)cc2)N1. The summed E-state index contributed by atoms with van der Waals surface area (Å²) in [5.41, 5.74) is 1.67. The minimum absolute atomic E-state index is 0.0764. The van der Waals surface area contributed by atoms with Gasteiger partial charge in [-0.2, -0.15) is 0 Å². The maximum absolute atomic E-state index is 12.6. The van der Waals surface area contributed by atoms with E-state index in [1.165, 1.54) is 0 Å². The van der Waals surface area contributed by atoms with Crippen LogP contribution in [0.4, 0.5) is 4.79 Å². The second-order valence-corrected chi connectivity index (χ2v) is 6.77. The number of rotatable bonds is 5. The highest BCUT2D eigenvalue weighted by molar-refractivity contribution is 6.07. The van der Waals surface area contributed by atoms with E-state index in [1.807, 2.05) is 42.5 Å². The third kappa shape index (κ3) is 3.25. The zero-order valence-corrected chi connectivity index (χ0v) is 15.0. The zero-order valence-electron chi connectivity index (χ0n) is 15.0. The van der Waals surface area contributed by atoms with E-state index in [0.29, 0.717) is 11.3 Å². The summed E-state index contributed by atoms with van der Waals surface area (Å²) in [4.78, 5) is 28.7. The van der Waals surface area contributed by atoms with Crippen molar-refractivity contribution in [1.29, 1.82) is 0 Å². The van der Waals surface area contributed by atoms with E-state index in [4.69, 9.17) is 0 Å². The lowest BCUT2D eigenvalue weighted by Gasteiger charge is -2.31. The Morgan fingerprint density at radius 2 is 1.57 bits per heavy atom. The Morgan fingerprint density at radius 1 is 0.893 bits per heavy atom. The first-order valence-electron chi connectivity index (χ1n) is 8.95. The number of pyridine rings is 1. The quantitative estimate of drug-likeness (QED) is 0.600. The number of carbonyl (C=O) groups excluding carboxylic acids is 2. The van der Waals surface area contributed by atoms with Crippen LogP contribution in [0.25, 0.3) is 11.1 Å². The number of hydrogen-bond donors (Lipinski definition) is 3. The summed E-state index contributed by atoms with van der Waals surface area (Å²) >= 11 is 0. The molecule has 2 aromatic carbocycles. The summed E-state index contributed by atoms with van der Waals surface area (Å²) in [6.45, 7) is 0. The number of aromatic nitrogens is 1. The second kappa shape index (κ2) is 7.25. The molecule has 28 heavy (non-hydrogen) atoms. The summed E-state index contributed by atoms with van der Waals surface area (Å²) in [7, 11) is 0. The lowest BCUT2D eigenvalue weighted by molar-refractivity contribution is -0.128. The van der Waals surface area contributed by atoms with Crippen molar-refractivity contribution in [2.45, 2.75) is 18.1 Å². The van der Waals surface area contributed by atoms with Crippen LogP contribution in [-0.2, 0) is 11.2 Å². The number of nitrogens with one attached hydrogen (secondary N) is 2. The Balaban J connectivity index is 1.67. The van der Waals surface area contributed by atoms with E-state index < -0.39 is 23.6 Å². The van der Waals surface area contributed by atoms with Crippen LogP contribution in [0.3, 0.4) is 0 Å². The number of aliphatic hydroxyl groups excluding tert-OH is 1. The van der Waals surface area contributed by atoms with Crippen molar-refractivity contribution in [2.24, 2.45) is 0 Å². The lowest BCUT2D eigenvalue weighted by Crippen LogP contribution is -2.54. The summed E-state index contributed by atoms with van der Waals surface area (Å²) in [6, 6.07) is 21.9. The van der Waals surface area contributed by atoms with Gasteiger partial charge in [0.25, 0.3) is 5.91 Å². The van der Waals surface area contributed by atoms with Gasteiger partial charge in [0.2, 0.25) is 0 Å². The topological polar surface area (TPSA) is 91.3 Å². The van der Waals surface area contributed by atoms with Crippen LogP contribution >= 0.6 is 0 Å². The van der Waals surface area contributed by atoms with Crippen molar-refractivity contribution < 1.29 is 14.7 Å².